The fourth-order valence-electron chi connectivity index (χ4n) is 1.20. The van der Waals surface area contributed by atoms with E-state index in [1.807, 2.05) is 32.9 Å². The van der Waals surface area contributed by atoms with E-state index in [0.29, 0.717) is 10.7 Å². The third-order valence-corrected chi connectivity index (χ3v) is 2.61. The van der Waals surface area contributed by atoms with Gasteiger partial charge in [-0.3, -0.25) is 0 Å². The van der Waals surface area contributed by atoms with Gasteiger partial charge in [-0.2, -0.15) is 0 Å². The molecule has 3 heteroatoms. The van der Waals surface area contributed by atoms with Crippen molar-refractivity contribution >= 4 is 17.3 Å². The van der Waals surface area contributed by atoms with Crippen molar-refractivity contribution in [3.8, 4) is 0 Å². The maximum absolute atomic E-state index is 6.12. The van der Waals surface area contributed by atoms with Crippen molar-refractivity contribution in [1.82, 2.24) is 0 Å². The standard InChI is InChI=1S/C10H15ClN2/c1-6-8(12)5-4-7(9(6)11)10(2,3)13/h4-5H,12-13H2,1-3H3. The SMILES string of the molecule is Cc1c(N)ccc(C(C)(C)N)c1Cl. The van der Waals surface area contributed by atoms with Crippen molar-refractivity contribution in [2.24, 2.45) is 5.73 Å². The number of benzene rings is 1. The second kappa shape index (κ2) is 3.20. The van der Waals surface area contributed by atoms with Gasteiger partial charge >= 0.3 is 0 Å². The second-order valence-electron chi connectivity index (χ2n) is 3.86. The van der Waals surface area contributed by atoms with Gasteiger partial charge in [0, 0.05) is 11.2 Å². The third-order valence-electron chi connectivity index (χ3n) is 2.12. The van der Waals surface area contributed by atoms with Crippen LogP contribution in [0.15, 0.2) is 12.1 Å². The molecule has 13 heavy (non-hydrogen) atoms. The van der Waals surface area contributed by atoms with Crippen LogP contribution in [0.4, 0.5) is 5.69 Å². The average molecular weight is 199 g/mol. The lowest BCUT2D eigenvalue weighted by atomic mass is 9.93. The number of hydrogen-bond donors (Lipinski definition) is 2. The van der Waals surface area contributed by atoms with Gasteiger partial charge in [0.1, 0.15) is 0 Å². The summed E-state index contributed by atoms with van der Waals surface area (Å²) in [5.74, 6) is 0. The molecule has 0 spiro atoms. The Balaban J connectivity index is 3.35. The van der Waals surface area contributed by atoms with Gasteiger partial charge in [-0.05, 0) is 38.0 Å². The summed E-state index contributed by atoms with van der Waals surface area (Å²) in [4.78, 5) is 0. The Labute approximate surface area is 83.9 Å². The summed E-state index contributed by atoms with van der Waals surface area (Å²) in [6, 6.07) is 3.72. The zero-order valence-electron chi connectivity index (χ0n) is 8.19. The monoisotopic (exact) mass is 198 g/mol. The van der Waals surface area contributed by atoms with Crippen LogP contribution in [0.3, 0.4) is 0 Å². The van der Waals surface area contributed by atoms with Gasteiger partial charge in [0.2, 0.25) is 0 Å². The Morgan fingerprint density at radius 1 is 1.31 bits per heavy atom. The molecule has 0 aliphatic carbocycles. The summed E-state index contributed by atoms with van der Waals surface area (Å²) in [6.07, 6.45) is 0. The summed E-state index contributed by atoms with van der Waals surface area (Å²) in [5.41, 5.74) is 13.8. The van der Waals surface area contributed by atoms with Gasteiger partial charge in [0.05, 0.1) is 5.02 Å². The summed E-state index contributed by atoms with van der Waals surface area (Å²) < 4.78 is 0. The van der Waals surface area contributed by atoms with Crippen molar-refractivity contribution in [3.63, 3.8) is 0 Å². The van der Waals surface area contributed by atoms with Gasteiger partial charge in [-0.1, -0.05) is 17.7 Å². The van der Waals surface area contributed by atoms with Gasteiger partial charge in [0.15, 0.2) is 0 Å². The van der Waals surface area contributed by atoms with E-state index in [9.17, 15) is 0 Å². The molecule has 0 atom stereocenters. The molecule has 1 rings (SSSR count). The summed E-state index contributed by atoms with van der Waals surface area (Å²) >= 11 is 6.12. The molecular formula is C10H15ClN2. The fourth-order valence-corrected chi connectivity index (χ4v) is 1.61. The van der Waals surface area contributed by atoms with E-state index in [1.54, 1.807) is 0 Å². The maximum Gasteiger partial charge on any atom is 0.0506 e. The highest BCUT2D eigenvalue weighted by molar-refractivity contribution is 6.32. The quantitative estimate of drug-likeness (QED) is 0.681. The van der Waals surface area contributed by atoms with E-state index in [-0.39, 0.29) is 0 Å². The predicted octanol–water partition coefficient (Wildman–Crippen LogP) is 2.42. The average Bonchev–Trinajstić information content (AvgIpc) is 1.98. The molecule has 0 aliphatic rings. The van der Waals surface area contributed by atoms with E-state index in [0.717, 1.165) is 11.1 Å². The molecule has 0 radical (unpaired) electrons. The van der Waals surface area contributed by atoms with Gasteiger partial charge in [-0.15, -0.1) is 0 Å². The van der Waals surface area contributed by atoms with Crippen LogP contribution in [0.1, 0.15) is 25.0 Å². The Hall–Kier alpha value is -0.730. The van der Waals surface area contributed by atoms with Gasteiger partial charge in [0.25, 0.3) is 0 Å². The topological polar surface area (TPSA) is 52.0 Å². The molecule has 0 unspecified atom stereocenters. The molecule has 0 bridgehead atoms. The molecule has 0 saturated heterocycles. The highest BCUT2D eigenvalue weighted by Crippen LogP contribution is 2.31. The summed E-state index contributed by atoms with van der Waals surface area (Å²) in [7, 11) is 0. The number of hydrogen-bond acceptors (Lipinski definition) is 2. The van der Waals surface area contributed by atoms with Crippen LogP contribution >= 0.6 is 11.6 Å². The van der Waals surface area contributed by atoms with Crippen LogP contribution in [-0.4, -0.2) is 0 Å². The Kier molecular flexibility index (Phi) is 2.55. The van der Waals surface area contributed by atoms with Crippen LogP contribution in [0.5, 0.6) is 0 Å². The molecule has 4 N–H and O–H groups in total. The molecule has 1 aromatic rings. The number of halogens is 1. The van der Waals surface area contributed by atoms with Gasteiger partial charge < -0.3 is 11.5 Å². The molecule has 1 aromatic carbocycles. The Morgan fingerprint density at radius 2 is 1.85 bits per heavy atom. The van der Waals surface area contributed by atoms with Crippen LogP contribution < -0.4 is 11.5 Å². The van der Waals surface area contributed by atoms with Gasteiger partial charge in [-0.25, -0.2) is 0 Å². The molecule has 0 amide bonds. The maximum atomic E-state index is 6.12. The first kappa shape index (κ1) is 10.4. The van der Waals surface area contributed by atoms with Crippen molar-refractivity contribution in [3.05, 3.63) is 28.3 Å². The number of anilines is 1. The van der Waals surface area contributed by atoms with Crippen molar-refractivity contribution < 1.29 is 0 Å². The lowest BCUT2D eigenvalue weighted by Crippen LogP contribution is -2.29. The zero-order valence-corrected chi connectivity index (χ0v) is 8.94. The Morgan fingerprint density at radius 3 is 2.31 bits per heavy atom. The summed E-state index contributed by atoms with van der Waals surface area (Å²) in [5, 5.41) is 0.674. The fraction of sp³-hybridized carbons (Fsp3) is 0.400. The van der Waals surface area contributed by atoms with E-state index in [2.05, 4.69) is 0 Å². The van der Waals surface area contributed by atoms with Crippen LogP contribution in [-0.2, 0) is 5.54 Å². The number of nitrogens with two attached hydrogens (primary N) is 2. The van der Waals surface area contributed by atoms with E-state index in [4.69, 9.17) is 23.1 Å². The normalized spacial score (nSPS) is 11.8. The van der Waals surface area contributed by atoms with E-state index < -0.39 is 5.54 Å². The second-order valence-corrected chi connectivity index (χ2v) is 4.24. The zero-order chi connectivity index (χ0) is 10.2. The largest absolute Gasteiger partial charge is 0.398 e. The summed E-state index contributed by atoms with van der Waals surface area (Å²) in [6.45, 7) is 5.74. The molecule has 0 heterocycles. The molecule has 0 saturated carbocycles. The van der Waals surface area contributed by atoms with E-state index in [1.165, 1.54) is 0 Å². The smallest absolute Gasteiger partial charge is 0.0506 e. The minimum absolute atomic E-state index is 0.421. The lowest BCUT2D eigenvalue weighted by Gasteiger charge is -2.22. The highest BCUT2D eigenvalue weighted by Gasteiger charge is 2.19. The van der Waals surface area contributed by atoms with Crippen LogP contribution in [0.2, 0.25) is 5.02 Å². The molecule has 0 aliphatic heterocycles. The molecule has 2 nitrogen and oxygen atoms in total. The third kappa shape index (κ3) is 1.95. The number of rotatable bonds is 1. The highest BCUT2D eigenvalue weighted by atomic mass is 35.5. The minimum Gasteiger partial charge on any atom is -0.398 e. The molecule has 0 fully saturated rings. The molecule has 72 valence electrons. The van der Waals surface area contributed by atoms with Crippen molar-refractivity contribution in [2.45, 2.75) is 26.3 Å². The molecular weight excluding hydrogens is 184 g/mol. The van der Waals surface area contributed by atoms with Crippen molar-refractivity contribution in [1.29, 1.82) is 0 Å². The minimum atomic E-state index is -0.421. The first-order valence-electron chi connectivity index (χ1n) is 4.18. The van der Waals surface area contributed by atoms with Crippen molar-refractivity contribution in [2.75, 3.05) is 5.73 Å². The van der Waals surface area contributed by atoms with Crippen LogP contribution in [0, 0.1) is 6.92 Å². The predicted molar refractivity (Wildman–Crippen MR) is 57.8 cm³/mol. The molecule has 0 aromatic heterocycles. The first-order valence-corrected chi connectivity index (χ1v) is 4.55. The first-order chi connectivity index (χ1) is 5.84. The number of nitrogen functional groups attached to an aromatic ring is 1. The van der Waals surface area contributed by atoms with E-state index >= 15 is 0 Å². The lowest BCUT2D eigenvalue weighted by molar-refractivity contribution is 0.554. The van der Waals surface area contributed by atoms with Crippen LogP contribution in [0.25, 0.3) is 0 Å². The Bertz CT molecular complexity index is 326.